The van der Waals surface area contributed by atoms with Gasteiger partial charge < -0.3 is 15.3 Å². The molecule has 9 heteroatoms. The van der Waals surface area contributed by atoms with Crippen molar-refractivity contribution in [1.29, 1.82) is 0 Å². The summed E-state index contributed by atoms with van der Waals surface area (Å²) in [7, 11) is -3.72. The minimum absolute atomic E-state index is 0.122. The molecule has 7 nitrogen and oxygen atoms in total. The van der Waals surface area contributed by atoms with E-state index >= 15 is 0 Å². The molecule has 0 spiro atoms. The number of carboxylic acids is 1. The molecule has 0 bridgehead atoms. The van der Waals surface area contributed by atoms with E-state index in [-0.39, 0.29) is 23.1 Å². The summed E-state index contributed by atoms with van der Waals surface area (Å²) in [5, 5.41) is 12.2. The molecule has 1 aliphatic rings. The van der Waals surface area contributed by atoms with E-state index in [1.807, 2.05) is 42.1 Å². The van der Waals surface area contributed by atoms with E-state index in [4.69, 9.17) is 0 Å². The zero-order valence-electron chi connectivity index (χ0n) is 19.7. The van der Waals surface area contributed by atoms with Gasteiger partial charge in [0.1, 0.15) is 0 Å². The van der Waals surface area contributed by atoms with Crippen molar-refractivity contribution in [1.82, 2.24) is 4.90 Å². The molecule has 3 aromatic rings. The highest BCUT2D eigenvalue weighted by atomic mass is 32.2. The normalized spacial score (nSPS) is 14.7. The lowest BCUT2D eigenvalue weighted by atomic mass is 9.98. The van der Waals surface area contributed by atoms with Gasteiger partial charge in [-0.2, -0.15) is 11.8 Å². The van der Waals surface area contributed by atoms with Crippen LogP contribution < -0.4 is 5.32 Å². The van der Waals surface area contributed by atoms with Crippen molar-refractivity contribution in [2.45, 2.75) is 17.2 Å². The van der Waals surface area contributed by atoms with E-state index in [0.717, 1.165) is 35.7 Å². The molecule has 188 valence electrons. The largest absolute Gasteiger partial charge is 0.481 e. The van der Waals surface area contributed by atoms with Gasteiger partial charge in [-0.3, -0.25) is 4.79 Å². The summed E-state index contributed by atoms with van der Waals surface area (Å²) in [6, 6.07) is 22.7. The molecule has 0 aromatic heterocycles. The van der Waals surface area contributed by atoms with Crippen LogP contribution in [0.2, 0.25) is 0 Å². The monoisotopic (exact) mass is 524 g/mol. The van der Waals surface area contributed by atoms with Crippen molar-refractivity contribution in [2.75, 3.05) is 35.7 Å². The number of thioether (sulfide) groups is 1. The van der Waals surface area contributed by atoms with Crippen LogP contribution in [0.1, 0.15) is 17.9 Å². The summed E-state index contributed by atoms with van der Waals surface area (Å²) in [6.45, 7) is 1.45. The number of hydrogen-bond donors (Lipinski definition) is 2. The third-order valence-electron chi connectivity index (χ3n) is 6.07. The summed E-state index contributed by atoms with van der Waals surface area (Å²) >= 11 is 1.84. The maximum atomic E-state index is 13.1. The first-order chi connectivity index (χ1) is 17.3. The van der Waals surface area contributed by atoms with Crippen LogP contribution in [-0.2, 0) is 14.6 Å². The molecule has 2 N–H and O–H groups in total. The lowest BCUT2D eigenvalue weighted by Crippen LogP contribution is -2.40. The maximum Gasteiger partial charge on any atom is 0.321 e. The number of anilines is 1. The molecule has 0 radical (unpaired) electrons. The minimum Gasteiger partial charge on any atom is -0.481 e. The number of carbonyl (C=O) groups excluding carboxylic acids is 1. The van der Waals surface area contributed by atoms with E-state index < -0.39 is 21.7 Å². The number of urea groups is 1. The smallest absolute Gasteiger partial charge is 0.321 e. The summed E-state index contributed by atoms with van der Waals surface area (Å²) in [5.74, 6) is -0.109. The predicted molar refractivity (Wildman–Crippen MR) is 143 cm³/mol. The number of nitrogens with zero attached hydrogens (tertiary/aromatic N) is 1. The van der Waals surface area contributed by atoms with Gasteiger partial charge >= 0.3 is 12.0 Å². The Kier molecular flexibility index (Phi) is 8.32. The SMILES string of the molecule is O=C(O)CC(CS(=O)(=O)c1ccc(-c2cccc(NC(=O)N3CCSCC3)c2)cc1)c1ccccc1. The van der Waals surface area contributed by atoms with Crippen LogP contribution in [0.5, 0.6) is 0 Å². The van der Waals surface area contributed by atoms with Crippen LogP contribution in [0.25, 0.3) is 11.1 Å². The fourth-order valence-electron chi connectivity index (χ4n) is 4.17. The second kappa shape index (κ2) is 11.6. The first-order valence-corrected chi connectivity index (χ1v) is 14.5. The average Bonchev–Trinajstić information content (AvgIpc) is 2.89. The Morgan fingerprint density at radius 2 is 1.61 bits per heavy atom. The first kappa shape index (κ1) is 25.8. The van der Waals surface area contributed by atoms with Gasteiger partial charge in [0.25, 0.3) is 0 Å². The number of nitrogens with one attached hydrogen (secondary N) is 1. The Bertz CT molecular complexity index is 1310. The van der Waals surface area contributed by atoms with Gasteiger partial charge in [-0.05, 0) is 41.0 Å². The van der Waals surface area contributed by atoms with Gasteiger partial charge in [0.15, 0.2) is 9.84 Å². The number of hydrogen-bond acceptors (Lipinski definition) is 5. The lowest BCUT2D eigenvalue weighted by molar-refractivity contribution is -0.137. The summed E-state index contributed by atoms with van der Waals surface area (Å²) in [5.41, 5.74) is 3.01. The van der Waals surface area contributed by atoms with Crippen molar-refractivity contribution in [3.8, 4) is 11.1 Å². The highest BCUT2D eigenvalue weighted by Crippen LogP contribution is 2.28. The Balaban J connectivity index is 1.48. The van der Waals surface area contributed by atoms with Gasteiger partial charge in [-0.1, -0.05) is 54.6 Å². The summed E-state index contributed by atoms with van der Waals surface area (Å²) in [4.78, 5) is 25.8. The van der Waals surface area contributed by atoms with Crippen LogP contribution in [0.3, 0.4) is 0 Å². The van der Waals surface area contributed by atoms with Gasteiger partial charge in [-0.15, -0.1) is 0 Å². The van der Waals surface area contributed by atoms with E-state index in [9.17, 15) is 23.1 Å². The third kappa shape index (κ3) is 6.67. The van der Waals surface area contributed by atoms with Crippen molar-refractivity contribution in [3.63, 3.8) is 0 Å². The minimum atomic E-state index is -3.72. The molecule has 36 heavy (non-hydrogen) atoms. The second-order valence-electron chi connectivity index (χ2n) is 8.62. The number of sulfone groups is 1. The number of carbonyl (C=O) groups is 2. The van der Waals surface area contributed by atoms with E-state index in [2.05, 4.69) is 5.32 Å². The number of amides is 2. The Morgan fingerprint density at radius 3 is 2.28 bits per heavy atom. The first-order valence-electron chi connectivity index (χ1n) is 11.7. The lowest BCUT2D eigenvalue weighted by Gasteiger charge is -2.26. The molecule has 4 rings (SSSR count). The molecule has 1 atom stereocenters. The Morgan fingerprint density at radius 1 is 0.917 bits per heavy atom. The van der Waals surface area contributed by atoms with Crippen molar-refractivity contribution in [2.24, 2.45) is 0 Å². The van der Waals surface area contributed by atoms with E-state index in [0.29, 0.717) is 11.3 Å². The van der Waals surface area contributed by atoms with E-state index in [1.165, 1.54) is 0 Å². The van der Waals surface area contributed by atoms with Crippen LogP contribution in [-0.4, -0.2) is 60.8 Å². The van der Waals surface area contributed by atoms with Gasteiger partial charge in [0.2, 0.25) is 0 Å². The number of aliphatic carboxylic acids is 1. The quantitative estimate of drug-likeness (QED) is 0.431. The zero-order chi connectivity index (χ0) is 25.5. The Hall–Kier alpha value is -3.30. The third-order valence-corrected chi connectivity index (χ3v) is 8.85. The maximum absolute atomic E-state index is 13.1. The number of rotatable bonds is 8. The number of carboxylic acid groups (broad SMARTS) is 1. The average molecular weight is 525 g/mol. The molecule has 1 heterocycles. The van der Waals surface area contributed by atoms with Crippen LogP contribution in [0.4, 0.5) is 10.5 Å². The highest BCUT2D eigenvalue weighted by molar-refractivity contribution is 7.99. The topological polar surface area (TPSA) is 104 Å². The van der Waals surface area contributed by atoms with Crippen molar-refractivity contribution < 1.29 is 23.1 Å². The zero-order valence-corrected chi connectivity index (χ0v) is 21.3. The molecule has 0 saturated carbocycles. The van der Waals surface area contributed by atoms with Gasteiger partial charge in [-0.25, -0.2) is 13.2 Å². The van der Waals surface area contributed by atoms with Crippen LogP contribution in [0.15, 0.2) is 83.8 Å². The molecule has 0 aliphatic carbocycles. The molecule has 1 fully saturated rings. The fraction of sp³-hybridized carbons (Fsp3) is 0.259. The van der Waals surface area contributed by atoms with E-state index in [1.54, 1.807) is 53.4 Å². The molecule has 1 saturated heterocycles. The van der Waals surface area contributed by atoms with Crippen molar-refractivity contribution >= 4 is 39.3 Å². The Labute approximate surface area is 215 Å². The molecule has 1 aliphatic heterocycles. The summed E-state index contributed by atoms with van der Waals surface area (Å²) in [6.07, 6.45) is -0.268. The van der Waals surface area contributed by atoms with Gasteiger partial charge in [0.05, 0.1) is 17.1 Å². The predicted octanol–water partition coefficient (Wildman–Crippen LogP) is 4.97. The van der Waals surface area contributed by atoms with Crippen molar-refractivity contribution in [3.05, 3.63) is 84.4 Å². The molecule has 1 unspecified atom stereocenters. The highest BCUT2D eigenvalue weighted by Gasteiger charge is 2.25. The van der Waals surface area contributed by atoms with Gasteiger partial charge in [0, 0.05) is 36.2 Å². The molecular weight excluding hydrogens is 496 g/mol. The van der Waals surface area contributed by atoms with Crippen LogP contribution in [0, 0.1) is 0 Å². The standard InChI is InChI=1S/C27H28N2O5S2/c30-26(31)18-23(20-5-2-1-3-6-20)19-36(33,34)25-11-9-21(10-12-25)22-7-4-8-24(17-22)28-27(32)29-13-15-35-16-14-29/h1-12,17,23H,13-16,18-19H2,(H,28,32)(H,30,31). The molecule has 2 amide bonds. The van der Waals surface area contributed by atoms with Crippen LogP contribution >= 0.6 is 11.8 Å². The second-order valence-corrected chi connectivity index (χ2v) is 11.9. The molecule has 3 aromatic carbocycles. The fourth-order valence-corrected chi connectivity index (χ4v) is 6.66. The molecular formula is C27H28N2O5S2. The number of benzene rings is 3. The summed E-state index contributed by atoms with van der Waals surface area (Å²) < 4.78 is 26.2.